The van der Waals surface area contributed by atoms with Crippen LogP contribution in [-0.2, 0) is 4.79 Å². The van der Waals surface area contributed by atoms with Gasteiger partial charge in [0.25, 0.3) is 0 Å². The number of benzene rings is 2. The lowest BCUT2D eigenvalue weighted by Crippen LogP contribution is -2.36. The highest BCUT2D eigenvalue weighted by Gasteiger charge is 2.20. The highest BCUT2D eigenvalue weighted by molar-refractivity contribution is 7.99. The minimum Gasteiger partial charge on any atom is -0.360 e. The minimum atomic E-state index is -0.894. The molecule has 146 valence electrons. The third-order valence-electron chi connectivity index (χ3n) is 4.14. The smallest absolute Gasteiger partial charge is 0.318 e. The van der Waals surface area contributed by atoms with Gasteiger partial charge in [0.1, 0.15) is 0 Å². The Morgan fingerprint density at radius 2 is 1.90 bits per heavy atom. The SMILES string of the molecule is NC(=O)NC(=O)CSc1nnc(-c2c[nH]c3ccccc23)n1-c1ccc(Cl)cc1. The van der Waals surface area contributed by atoms with Crippen molar-refractivity contribution in [3.63, 3.8) is 0 Å². The number of fused-ring (bicyclic) bond motifs is 1. The molecule has 0 atom stereocenters. The molecule has 0 aliphatic heterocycles. The molecule has 0 fully saturated rings. The highest BCUT2D eigenvalue weighted by Crippen LogP contribution is 2.32. The first kappa shape index (κ1) is 19.0. The summed E-state index contributed by atoms with van der Waals surface area (Å²) in [6, 6.07) is 14.2. The van der Waals surface area contributed by atoms with Gasteiger partial charge >= 0.3 is 6.03 Å². The van der Waals surface area contributed by atoms with Crippen molar-refractivity contribution < 1.29 is 9.59 Å². The second-order valence-electron chi connectivity index (χ2n) is 6.07. The molecular weight excluding hydrogens is 412 g/mol. The maximum atomic E-state index is 11.8. The monoisotopic (exact) mass is 426 g/mol. The number of carbonyl (C=O) groups is 2. The largest absolute Gasteiger partial charge is 0.360 e. The van der Waals surface area contributed by atoms with E-state index in [1.54, 1.807) is 12.1 Å². The highest BCUT2D eigenvalue weighted by atomic mass is 35.5. The van der Waals surface area contributed by atoms with Crippen molar-refractivity contribution in [2.24, 2.45) is 5.73 Å². The number of imide groups is 1. The van der Waals surface area contributed by atoms with Crippen molar-refractivity contribution in [3.8, 4) is 17.1 Å². The summed E-state index contributed by atoms with van der Waals surface area (Å²) in [5.74, 6) is 0.0621. The zero-order valence-electron chi connectivity index (χ0n) is 14.9. The number of nitrogens with two attached hydrogens (primary N) is 1. The lowest BCUT2D eigenvalue weighted by atomic mass is 10.1. The molecule has 0 saturated carbocycles. The first-order chi connectivity index (χ1) is 14.0. The van der Waals surface area contributed by atoms with Gasteiger partial charge < -0.3 is 10.7 Å². The van der Waals surface area contributed by atoms with E-state index < -0.39 is 11.9 Å². The van der Waals surface area contributed by atoms with Crippen LogP contribution in [0.2, 0.25) is 5.02 Å². The number of carbonyl (C=O) groups excluding carboxylic acids is 2. The number of hydrogen-bond donors (Lipinski definition) is 3. The van der Waals surface area contributed by atoms with Crippen LogP contribution in [0.5, 0.6) is 0 Å². The van der Waals surface area contributed by atoms with E-state index in [1.807, 2.05) is 52.5 Å². The van der Waals surface area contributed by atoms with Crippen LogP contribution in [0.3, 0.4) is 0 Å². The number of thioether (sulfide) groups is 1. The van der Waals surface area contributed by atoms with Gasteiger partial charge in [-0.25, -0.2) is 4.79 Å². The van der Waals surface area contributed by atoms with E-state index in [0.29, 0.717) is 16.0 Å². The van der Waals surface area contributed by atoms with Crippen LogP contribution in [0.4, 0.5) is 4.79 Å². The van der Waals surface area contributed by atoms with Crippen LogP contribution in [0, 0.1) is 0 Å². The number of para-hydroxylation sites is 1. The molecule has 0 radical (unpaired) electrons. The van der Waals surface area contributed by atoms with Crippen molar-refractivity contribution in [3.05, 3.63) is 59.8 Å². The van der Waals surface area contributed by atoms with E-state index in [-0.39, 0.29) is 5.75 Å². The number of hydrogen-bond acceptors (Lipinski definition) is 5. The molecule has 0 aliphatic rings. The molecule has 0 bridgehead atoms. The Morgan fingerprint density at radius 3 is 2.66 bits per heavy atom. The molecule has 0 unspecified atom stereocenters. The molecule has 2 heterocycles. The van der Waals surface area contributed by atoms with E-state index in [1.165, 1.54) is 0 Å². The number of H-pyrrole nitrogens is 1. The van der Waals surface area contributed by atoms with Gasteiger partial charge in [-0.05, 0) is 30.3 Å². The number of urea groups is 1. The van der Waals surface area contributed by atoms with E-state index in [0.717, 1.165) is 33.9 Å². The zero-order chi connectivity index (χ0) is 20.4. The quantitative estimate of drug-likeness (QED) is 0.423. The Kier molecular flexibility index (Phi) is 5.24. The lowest BCUT2D eigenvalue weighted by molar-refractivity contribution is -0.117. The molecule has 2 aromatic carbocycles. The predicted octanol–water partition coefficient (Wildman–Crippen LogP) is 3.36. The third kappa shape index (κ3) is 3.96. The number of nitrogens with zero attached hydrogens (tertiary/aromatic N) is 3. The van der Waals surface area contributed by atoms with E-state index >= 15 is 0 Å². The van der Waals surface area contributed by atoms with Crippen molar-refractivity contribution >= 4 is 46.2 Å². The van der Waals surface area contributed by atoms with Crippen molar-refractivity contribution in [1.29, 1.82) is 0 Å². The van der Waals surface area contributed by atoms with Gasteiger partial charge in [-0.1, -0.05) is 41.6 Å². The Hall–Kier alpha value is -3.30. The first-order valence-corrected chi connectivity index (χ1v) is 9.89. The van der Waals surface area contributed by atoms with Crippen molar-refractivity contribution in [2.45, 2.75) is 5.16 Å². The van der Waals surface area contributed by atoms with E-state index in [9.17, 15) is 9.59 Å². The fourth-order valence-corrected chi connectivity index (χ4v) is 3.80. The fourth-order valence-electron chi connectivity index (χ4n) is 2.92. The van der Waals surface area contributed by atoms with Gasteiger partial charge in [-0.15, -0.1) is 10.2 Å². The first-order valence-electron chi connectivity index (χ1n) is 8.53. The van der Waals surface area contributed by atoms with Gasteiger partial charge in [-0.3, -0.25) is 14.7 Å². The minimum absolute atomic E-state index is 0.0391. The molecule has 4 N–H and O–H groups in total. The number of primary amides is 1. The lowest BCUT2D eigenvalue weighted by Gasteiger charge is -2.10. The topological polar surface area (TPSA) is 119 Å². The van der Waals surface area contributed by atoms with Gasteiger partial charge in [0.2, 0.25) is 5.91 Å². The Balaban J connectivity index is 1.77. The summed E-state index contributed by atoms with van der Waals surface area (Å²) in [5, 5.41) is 12.8. The van der Waals surface area contributed by atoms with E-state index in [2.05, 4.69) is 15.2 Å². The third-order valence-corrected chi connectivity index (χ3v) is 5.32. The Labute approximate surface area is 174 Å². The van der Waals surface area contributed by atoms with Crippen LogP contribution in [0.1, 0.15) is 0 Å². The summed E-state index contributed by atoms with van der Waals surface area (Å²) in [6.07, 6.45) is 1.87. The number of amides is 3. The van der Waals surface area contributed by atoms with Crippen LogP contribution < -0.4 is 11.1 Å². The molecule has 0 aliphatic carbocycles. The maximum absolute atomic E-state index is 11.8. The standard InChI is InChI=1S/C19H15ClN6O2S/c20-11-5-7-12(8-6-11)26-17(14-9-22-15-4-2-1-3-13(14)15)24-25-19(26)29-10-16(27)23-18(21)28/h1-9,22H,10H2,(H3,21,23,27,28). The molecule has 0 saturated heterocycles. The molecule has 8 nitrogen and oxygen atoms in total. The zero-order valence-corrected chi connectivity index (χ0v) is 16.5. The van der Waals surface area contributed by atoms with Gasteiger partial charge in [0.15, 0.2) is 11.0 Å². The summed E-state index contributed by atoms with van der Waals surface area (Å²) in [5.41, 5.74) is 7.63. The number of aromatic amines is 1. The summed E-state index contributed by atoms with van der Waals surface area (Å²) >= 11 is 7.18. The Bertz CT molecular complexity index is 1200. The molecule has 0 spiro atoms. The number of aromatic nitrogens is 4. The molecule has 10 heteroatoms. The van der Waals surface area contributed by atoms with E-state index in [4.69, 9.17) is 17.3 Å². The van der Waals surface area contributed by atoms with Crippen LogP contribution in [0.15, 0.2) is 59.9 Å². The average Bonchev–Trinajstić information content (AvgIpc) is 3.30. The number of halogens is 1. The molecule has 3 amide bonds. The van der Waals surface area contributed by atoms with Crippen LogP contribution in [-0.4, -0.2) is 37.4 Å². The second kappa shape index (κ2) is 7.98. The summed E-state index contributed by atoms with van der Waals surface area (Å²) < 4.78 is 1.84. The van der Waals surface area contributed by atoms with Crippen LogP contribution >= 0.6 is 23.4 Å². The second-order valence-corrected chi connectivity index (χ2v) is 7.45. The summed E-state index contributed by atoms with van der Waals surface area (Å²) in [7, 11) is 0. The van der Waals surface area contributed by atoms with Gasteiger partial charge in [0, 0.05) is 33.4 Å². The summed E-state index contributed by atoms with van der Waals surface area (Å²) in [4.78, 5) is 25.9. The molecule has 2 aromatic heterocycles. The van der Waals surface area contributed by atoms with Gasteiger partial charge in [0.05, 0.1) is 5.75 Å². The average molecular weight is 427 g/mol. The Morgan fingerprint density at radius 1 is 1.14 bits per heavy atom. The van der Waals surface area contributed by atoms with Crippen molar-refractivity contribution in [2.75, 3.05) is 5.75 Å². The number of nitrogens with one attached hydrogen (secondary N) is 2. The molecule has 4 rings (SSSR count). The predicted molar refractivity (Wildman–Crippen MR) is 112 cm³/mol. The molecule has 29 heavy (non-hydrogen) atoms. The van der Waals surface area contributed by atoms with Gasteiger partial charge in [-0.2, -0.15) is 0 Å². The van der Waals surface area contributed by atoms with Crippen molar-refractivity contribution in [1.82, 2.24) is 25.1 Å². The normalized spacial score (nSPS) is 10.9. The maximum Gasteiger partial charge on any atom is 0.318 e. The molecule has 4 aromatic rings. The van der Waals surface area contributed by atoms with Crippen LogP contribution in [0.25, 0.3) is 28.0 Å². The molecular formula is C19H15ClN6O2S. The summed E-state index contributed by atoms with van der Waals surface area (Å²) in [6.45, 7) is 0. The fraction of sp³-hybridized carbons (Fsp3) is 0.0526. The number of rotatable bonds is 5.